The first-order valence-electron chi connectivity index (χ1n) is 11.6. The number of nitrogens with zero attached hydrogens (tertiary/aromatic N) is 2. The predicted molar refractivity (Wildman–Crippen MR) is 122 cm³/mol. The fourth-order valence-corrected chi connectivity index (χ4v) is 5.73. The Bertz CT molecular complexity index is 1310. The van der Waals surface area contributed by atoms with Crippen LogP contribution < -0.4 is 5.73 Å². The molecule has 1 aromatic carbocycles. The molecule has 0 saturated heterocycles. The number of aliphatic hydroxyl groups excluding tert-OH is 2. The summed E-state index contributed by atoms with van der Waals surface area (Å²) in [6, 6.07) is 2.92. The third kappa shape index (κ3) is 3.39. The summed E-state index contributed by atoms with van der Waals surface area (Å²) in [6.45, 7) is 0. The van der Waals surface area contributed by atoms with Gasteiger partial charge in [-0.2, -0.15) is 10.2 Å². The number of phenols is 1. The summed E-state index contributed by atoms with van der Waals surface area (Å²) in [4.78, 5) is 37.6. The number of aliphatic hydroxyl groups is 3. The second kappa shape index (κ2) is 8.16. The van der Waals surface area contributed by atoms with Crippen molar-refractivity contribution in [2.24, 2.45) is 27.8 Å². The summed E-state index contributed by atoms with van der Waals surface area (Å²) < 4.78 is 0. The molecule has 4 aliphatic carbocycles. The van der Waals surface area contributed by atoms with Gasteiger partial charge in [-0.15, -0.1) is 0 Å². The van der Waals surface area contributed by atoms with Crippen molar-refractivity contribution in [3.63, 3.8) is 0 Å². The number of azo groups is 1. The molecule has 182 valence electrons. The first-order valence-corrected chi connectivity index (χ1v) is 11.6. The van der Waals surface area contributed by atoms with E-state index >= 15 is 0 Å². The van der Waals surface area contributed by atoms with Crippen LogP contribution in [0.1, 0.15) is 49.7 Å². The fraction of sp³-hybridized carbons (Fsp3) is 0.400. The van der Waals surface area contributed by atoms with Gasteiger partial charge in [-0.1, -0.05) is 6.08 Å². The van der Waals surface area contributed by atoms with Gasteiger partial charge in [0.15, 0.2) is 11.4 Å². The number of aromatic hydroxyl groups is 1. The Balaban J connectivity index is 1.62. The number of rotatable bonds is 3. The number of Topliss-reactive ketones (excluding diaryl/α,β-unsaturated/α-hetero) is 2. The van der Waals surface area contributed by atoms with Gasteiger partial charge in [0, 0.05) is 17.9 Å². The number of carbonyl (C=O) groups excluding carboxylic acids is 3. The highest BCUT2D eigenvalue weighted by molar-refractivity contribution is 6.22. The average molecular weight is 479 g/mol. The largest absolute Gasteiger partial charge is 0.508 e. The number of benzene rings is 1. The zero-order chi connectivity index (χ0) is 25.1. The number of fused-ring (bicyclic) bond motifs is 3. The van der Waals surface area contributed by atoms with E-state index in [0.717, 1.165) is 31.4 Å². The van der Waals surface area contributed by atoms with Crippen LogP contribution in [0.4, 0.5) is 5.69 Å². The number of allylic oxidation sites excluding steroid dienone is 2. The molecule has 1 saturated carbocycles. The maximum absolute atomic E-state index is 13.5. The number of carbonyl (C=O) groups is 3. The Morgan fingerprint density at radius 2 is 1.86 bits per heavy atom. The summed E-state index contributed by atoms with van der Waals surface area (Å²) >= 11 is 0. The molecule has 6 N–H and O–H groups in total. The van der Waals surface area contributed by atoms with Gasteiger partial charge < -0.3 is 26.2 Å². The number of phenolic OH excluding ortho intramolecular Hbond substituents is 1. The molecule has 4 aliphatic rings. The summed E-state index contributed by atoms with van der Waals surface area (Å²) in [6.07, 6.45) is 5.80. The van der Waals surface area contributed by atoms with Crippen LogP contribution in [-0.2, 0) is 20.8 Å². The van der Waals surface area contributed by atoms with Crippen LogP contribution >= 0.6 is 0 Å². The predicted octanol–water partition coefficient (Wildman–Crippen LogP) is 2.97. The van der Waals surface area contributed by atoms with Gasteiger partial charge >= 0.3 is 0 Å². The Labute approximate surface area is 200 Å². The van der Waals surface area contributed by atoms with Crippen LogP contribution in [0.5, 0.6) is 5.75 Å². The highest BCUT2D eigenvalue weighted by atomic mass is 16.3. The highest BCUT2D eigenvalue weighted by Gasteiger charge is 2.60. The Hall–Kier alpha value is -3.79. The maximum Gasteiger partial charge on any atom is 0.255 e. The molecule has 0 bridgehead atoms. The summed E-state index contributed by atoms with van der Waals surface area (Å²) in [5.41, 5.74) is 3.43. The van der Waals surface area contributed by atoms with E-state index in [2.05, 4.69) is 10.2 Å². The van der Waals surface area contributed by atoms with E-state index in [1.165, 1.54) is 6.07 Å². The molecule has 10 nitrogen and oxygen atoms in total. The van der Waals surface area contributed by atoms with Crippen LogP contribution in [0.15, 0.2) is 51.0 Å². The molecule has 0 unspecified atom stereocenters. The maximum atomic E-state index is 13.5. The number of ketones is 2. The van der Waals surface area contributed by atoms with Gasteiger partial charge in [-0.3, -0.25) is 14.4 Å². The van der Waals surface area contributed by atoms with Crippen molar-refractivity contribution in [1.29, 1.82) is 0 Å². The summed E-state index contributed by atoms with van der Waals surface area (Å²) in [7, 11) is 0. The topological polar surface area (TPSA) is 183 Å². The smallest absolute Gasteiger partial charge is 0.255 e. The van der Waals surface area contributed by atoms with Crippen molar-refractivity contribution in [1.82, 2.24) is 0 Å². The quantitative estimate of drug-likeness (QED) is 0.326. The minimum atomic E-state index is -2.57. The third-order valence-electron chi connectivity index (χ3n) is 7.48. The molecule has 3 atom stereocenters. The summed E-state index contributed by atoms with van der Waals surface area (Å²) in [5, 5.41) is 52.2. The Morgan fingerprint density at radius 3 is 2.54 bits per heavy atom. The number of nitrogens with two attached hydrogens (primary N) is 1. The lowest BCUT2D eigenvalue weighted by atomic mass is 9.59. The van der Waals surface area contributed by atoms with E-state index in [9.17, 15) is 34.8 Å². The van der Waals surface area contributed by atoms with Crippen molar-refractivity contribution in [3.8, 4) is 5.75 Å². The van der Waals surface area contributed by atoms with Gasteiger partial charge in [0.05, 0.1) is 16.9 Å². The molecule has 1 fully saturated rings. The molecule has 1 aromatic rings. The van der Waals surface area contributed by atoms with Crippen LogP contribution in [0, 0.1) is 11.8 Å². The SMILES string of the molecule is NC(=O)C1=C(O)[C@@]2(O)C(=O)C3=C(O)c4c(O)ccc(N=NC5=CCCCC5)c4C[C@H]3C[C@H]2CC1=O. The van der Waals surface area contributed by atoms with Gasteiger partial charge in [0.1, 0.15) is 22.8 Å². The zero-order valence-corrected chi connectivity index (χ0v) is 18.8. The van der Waals surface area contributed by atoms with E-state index in [1.807, 2.05) is 6.08 Å². The summed E-state index contributed by atoms with van der Waals surface area (Å²) in [5.74, 6) is -6.55. The van der Waals surface area contributed by atoms with E-state index in [1.54, 1.807) is 6.07 Å². The van der Waals surface area contributed by atoms with Crippen LogP contribution in [0.2, 0.25) is 0 Å². The molecule has 0 spiro atoms. The zero-order valence-electron chi connectivity index (χ0n) is 18.8. The van der Waals surface area contributed by atoms with Gasteiger partial charge in [-0.25, -0.2) is 0 Å². The monoisotopic (exact) mass is 479 g/mol. The van der Waals surface area contributed by atoms with Gasteiger partial charge in [-0.05, 0) is 62.1 Å². The lowest BCUT2D eigenvalue weighted by molar-refractivity contribution is -0.147. The second-order valence-electron chi connectivity index (χ2n) is 9.51. The van der Waals surface area contributed by atoms with E-state index in [-0.39, 0.29) is 36.1 Å². The number of primary amides is 1. The van der Waals surface area contributed by atoms with Crippen molar-refractivity contribution in [3.05, 3.63) is 51.9 Å². The van der Waals surface area contributed by atoms with Gasteiger partial charge in [0.25, 0.3) is 5.91 Å². The second-order valence-corrected chi connectivity index (χ2v) is 9.51. The van der Waals surface area contributed by atoms with Crippen LogP contribution in [0.25, 0.3) is 5.76 Å². The van der Waals surface area contributed by atoms with E-state index in [0.29, 0.717) is 11.3 Å². The van der Waals surface area contributed by atoms with Crippen molar-refractivity contribution >= 4 is 28.9 Å². The highest BCUT2D eigenvalue weighted by Crippen LogP contribution is 2.53. The first-order chi connectivity index (χ1) is 16.6. The minimum absolute atomic E-state index is 0.00574. The van der Waals surface area contributed by atoms with Crippen molar-refractivity contribution < 1.29 is 34.8 Å². The normalized spacial score (nSPS) is 28.5. The molecule has 0 radical (unpaired) electrons. The number of hydrogen-bond donors (Lipinski definition) is 5. The van der Waals surface area contributed by atoms with Gasteiger partial charge in [0.2, 0.25) is 5.78 Å². The van der Waals surface area contributed by atoms with Crippen molar-refractivity contribution in [2.75, 3.05) is 0 Å². The van der Waals surface area contributed by atoms with Crippen molar-refractivity contribution in [2.45, 2.75) is 50.5 Å². The molecule has 0 heterocycles. The van der Waals surface area contributed by atoms with Crippen LogP contribution in [-0.4, -0.2) is 43.5 Å². The molecular formula is C25H25N3O7. The Morgan fingerprint density at radius 1 is 1.09 bits per heavy atom. The van der Waals surface area contributed by atoms with Crippen LogP contribution in [0.3, 0.4) is 0 Å². The lowest BCUT2D eigenvalue weighted by Crippen LogP contribution is -2.58. The molecule has 35 heavy (non-hydrogen) atoms. The van der Waals surface area contributed by atoms with E-state index in [4.69, 9.17) is 5.73 Å². The fourth-order valence-electron chi connectivity index (χ4n) is 5.73. The molecule has 5 rings (SSSR count). The molecule has 0 aliphatic heterocycles. The Kier molecular flexibility index (Phi) is 5.36. The lowest BCUT2D eigenvalue weighted by Gasteiger charge is -2.46. The molecular weight excluding hydrogens is 454 g/mol. The number of amides is 1. The molecule has 10 heteroatoms. The minimum Gasteiger partial charge on any atom is -0.508 e. The standard InChI is InChI=1S/C25H25N3O7/c26-24(34)20-17(30)10-12-8-11-9-14-15(28-27-13-4-2-1-3-5-13)6-7-16(29)19(14)21(31)18(11)22(32)25(12,35)23(20)33/h4,6-7,11-12,29,31,33,35H,1-3,5,8-10H2,(H2,26,34)/t11-,12+,25+/m1/s1. The average Bonchev–Trinajstić information content (AvgIpc) is 2.81. The third-order valence-corrected chi connectivity index (χ3v) is 7.48. The first kappa shape index (κ1) is 23.0. The number of hydrogen-bond acceptors (Lipinski definition) is 9. The molecule has 0 aromatic heterocycles. The van der Waals surface area contributed by atoms with E-state index < -0.39 is 52.0 Å². The molecule has 1 amide bonds.